The third-order valence-corrected chi connectivity index (χ3v) is 2.85. The molecule has 2 rings (SSSR count). The summed E-state index contributed by atoms with van der Waals surface area (Å²) in [4.78, 5) is 10.6. The number of aliphatic carboxylic acids is 1. The average Bonchev–Trinajstić information content (AvgIpc) is 2.30. The van der Waals surface area contributed by atoms with Gasteiger partial charge in [0.2, 0.25) is 0 Å². The fourth-order valence-electron chi connectivity index (χ4n) is 2.31. The van der Waals surface area contributed by atoms with Gasteiger partial charge in [0.1, 0.15) is 0 Å². The Bertz CT molecular complexity index is 169. The highest BCUT2D eigenvalue weighted by atomic mass is 16.4. The predicted octanol–water partition coefficient (Wildman–Crippen LogP) is 0.459. The minimum Gasteiger partial charge on any atom is -0.481 e. The van der Waals surface area contributed by atoms with E-state index >= 15 is 0 Å². The molecule has 3 heteroatoms. The Balaban J connectivity index is 2.02. The van der Waals surface area contributed by atoms with Crippen molar-refractivity contribution in [1.29, 1.82) is 0 Å². The maximum atomic E-state index is 10.6. The van der Waals surface area contributed by atoms with Gasteiger partial charge in [-0.05, 0) is 31.7 Å². The molecule has 62 valence electrons. The number of fused-ring (bicyclic) bond motifs is 2. The summed E-state index contributed by atoms with van der Waals surface area (Å²) in [7, 11) is 0. The van der Waals surface area contributed by atoms with Crippen molar-refractivity contribution >= 4 is 5.97 Å². The maximum absolute atomic E-state index is 10.6. The van der Waals surface area contributed by atoms with Crippen LogP contribution in [0.25, 0.3) is 0 Å². The molecule has 1 saturated carbocycles. The first-order chi connectivity index (χ1) is 5.25. The van der Waals surface area contributed by atoms with Gasteiger partial charge in [0.25, 0.3) is 0 Å². The molecule has 1 heterocycles. The zero-order valence-corrected chi connectivity index (χ0v) is 6.42. The number of hydrogen-bond donors (Lipinski definition) is 2. The van der Waals surface area contributed by atoms with E-state index in [1.54, 1.807) is 0 Å². The van der Waals surface area contributed by atoms with Crippen LogP contribution in [0.5, 0.6) is 0 Å². The summed E-state index contributed by atoms with van der Waals surface area (Å²) in [5, 5.41) is 12.1. The van der Waals surface area contributed by atoms with E-state index in [9.17, 15) is 4.79 Å². The fraction of sp³-hybridized carbons (Fsp3) is 0.875. The summed E-state index contributed by atoms with van der Waals surface area (Å²) >= 11 is 0. The number of rotatable bonds is 1. The third kappa shape index (κ3) is 1.25. The van der Waals surface area contributed by atoms with E-state index in [1.165, 1.54) is 6.42 Å². The standard InChI is InChI=1S/C8H13NO2/c10-8(11)6-1-5-2-7(3-6)9-4-5/h5-7,9H,1-4H2,(H,10,11). The Kier molecular flexibility index (Phi) is 1.60. The monoisotopic (exact) mass is 155 g/mol. The van der Waals surface area contributed by atoms with Gasteiger partial charge in [0.05, 0.1) is 5.92 Å². The minimum absolute atomic E-state index is 0.0752. The normalized spacial score (nSPS) is 42.4. The van der Waals surface area contributed by atoms with Crippen molar-refractivity contribution in [2.75, 3.05) is 6.54 Å². The van der Waals surface area contributed by atoms with Gasteiger partial charge in [0.15, 0.2) is 0 Å². The summed E-state index contributed by atoms with van der Waals surface area (Å²) in [5.41, 5.74) is 0. The highest BCUT2D eigenvalue weighted by Gasteiger charge is 2.36. The SMILES string of the molecule is O=C(O)C1CC2CNC(C2)C1. The van der Waals surface area contributed by atoms with Gasteiger partial charge in [-0.25, -0.2) is 0 Å². The van der Waals surface area contributed by atoms with E-state index in [-0.39, 0.29) is 5.92 Å². The van der Waals surface area contributed by atoms with Crippen LogP contribution in [-0.4, -0.2) is 23.7 Å². The summed E-state index contributed by atoms with van der Waals surface area (Å²) in [6.07, 6.45) is 2.93. The Morgan fingerprint density at radius 2 is 2.18 bits per heavy atom. The molecule has 11 heavy (non-hydrogen) atoms. The summed E-state index contributed by atoms with van der Waals surface area (Å²) in [6.45, 7) is 1.04. The molecule has 1 aliphatic carbocycles. The Morgan fingerprint density at radius 1 is 1.36 bits per heavy atom. The molecule has 0 aromatic rings. The number of nitrogens with one attached hydrogen (secondary N) is 1. The quantitative estimate of drug-likeness (QED) is 0.578. The molecule has 0 aromatic carbocycles. The van der Waals surface area contributed by atoms with Crippen LogP contribution < -0.4 is 5.32 Å². The van der Waals surface area contributed by atoms with Crippen molar-refractivity contribution in [3.63, 3.8) is 0 Å². The topological polar surface area (TPSA) is 49.3 Å². The fourth-order valence-corrected chi connectivity index (χ4v) is 2.31. The number of carboxylic acids is 1. The molecule has 2 bridgehead atoms. The summed E-state index contributed by atoms with van der Waals surface area (Å²) < 4.78 is 0. The molecular formula is C8H13NO2. The Labute approximate surface area is 65.8 Å². The van der Waals surface area contributed by atoms with E-state index in [1.807, 2.05) is 0 Å². The second-order valence-electron chi connectivity index (χ2n) is 3.71. The maximum Gasteiger partial charge on any atom is 0.306 e. The molecule has 0 aromatic heterocycles. The molecule has 1 saturated heterocycles. The van der Waals surface area contributed by atoms with Gasteiger partial charge < -0.3 is 10.4 Å². The Morgan fingerprint density at radius 3 is 2.82 bits per heavy atom. The first-order valence-electron chi connectivity index (χ1n) is 4.22. The van der Waals surface area contributed by atoms with Crippen LogP contribution in [0.3, 0.4) is 0 Å². The molecule has 0 radical (unpaired) electrons. The zero-order valence-electron chi connectivity index (χ0n) is 6.42. The lowest BCUT2D eigenvalue weighted by molar-refractivity contribution is -0.143. The van der Waals surface area contributed by atoms with Crippen LogP contribution in [0.4, 0.5) is 0 Å². The van der Waals surface area contributed by atoms with Gasteiger partial charge in [-0.2, -0.15) is 0 Å². The van der Waals surface area contributed by atoms with Gasteiger partial charge >= 0.3 is 5.97 Å². The first-order valence-corrected chi connectivity index (χ1v) is 4.22. The molecule has 1 aliphatic heterocycles. The van der Waals surface area contributed by atoms with E-state index in [0.717, 1.165) is 19.4 Å². The lowest BCUT2D eigenvalue weighted by Crippen LogP contribution is -2.28. The van der Waals surface area contributed by atoms with Crippen molar-refractivity contribution in [3.05, 3.63) is 0 Å². The van der Waals surface area contributed by atoms with E-state index in [0.29, 0.717) is 12.0 Å². The van der Waals surface area contributed by atoms with Crippen molar-refractivity contribution in [1.82, 2.24) is 5.32 Å². The summed E-state index contributed by atoms with van der Waals surface area (Å²) in [6, 6.07) is 0.495. The number of carbonyl (C=O) groups is 1. The van der Waals surface area contributed by atoms with E-state index in [4.69, 9.17) is 5.11 Å². The van der Waals surface area contributed by atoms with E-state index in [2.05, 4.69) is 5.32 Å². The molecule has 3 nitrogen and oxygen atoms in total. The molecule has 3 unspecified atom stereocenters. The van der Waals surface area contributed by atoms with Crippen molar-refractivity contribution in [2.45, 2.75) is 25.3 Å². The average molecular weight is 155 g/mol. The van der Waals surface area contributed by atoms with Crippen molar-refractivity contribution in [3.8, 4) is 0 Å². The largest absolute Gasteiger partial charge is 0.481 e. The van der Waals surface area contributed by atoms with Gasteiger partial charge in [-0.1, -0.05) is 0 Å². The third-order valence-electron chi connectivity index (χ3n) is 2.85. The molecule has 2 N–H and O–H groups in total. The smallest absolute Gasteiger partial charge is 0.306 e. The second kappa shape index (κ2) is 2.48. The summed E-state index contributed by atoms with van der Waals surface area (Å²) in [5.74, 6) is -0.0491. The molecule has 2 aliphatic rings. The Hall–Kier alpha value is -0.570. The van der Waals surface area contributed by atoms with Crippen LogP contribution >= 0.6 is 0 Å². The predicted molar refractivity (Wildman–Crippen MR) is 40.3 cm³/mol. The van der Waals surface area contributed by atoms with Crippen LogP contribution in [0.2, 0.25) is 0 Å². The number of hydrogen-bond acceptors (Lipinski definition) is 2. The first kappa shape index (κ1) is 7.10. The van der Waals surface area contributed by atoms with Crippen LogP contribution in [0.15, 0.2) is 0 Å². The second-order valence-corrected chi connectivity index (χ2v) is 3.71. The van der Waals surface area contributed by atoms with Crippen LogP contribution in [0, 0.1) is 11.8 Å². The lowest BCUT2D eigenvalue weighted by Gasteiger charge is -2.23. The van der Waals surface area contributed by atoms with Gasteiger partial charge in [0, 0.05) is 6.04 Å². The van der Waals surface area contributed by atoms with Crippen LogP contribution in [0.1, 0.15) is 19.3 Å². The van der Waals surface area contributed by atoms with Crippen LogP contribution in [-0.2, 0) is 4.79 Å². The zero-order chi connectivity index (χ0) is 7.84. The molecule has 0 spiro atoms. The molecular weight excluding hydrogens is 142 g/mol. The molecule has 0 amide bonds. The molecule has 3 atom stereocenters. The van der Waals surface area contributed by atoms with Crippen molar-refractivity contribution < 1.29 is 9.90 Å². The molecule has 2 fully saturated rings. The highest BCUT2D eigenvalue weighted by Crippen LogP contribution is 2.33. The lowest BCUT2D eigenvalue weighted by atomic mass is 9.82. The van der Waals surface area contributed by atoms with Crippen molar-refractivity contribution in [2.24, 2.45) is 11.8 Å². The van der Waals surface area contributed by atoms with Gasteiger partial charge in [-0.3, -0.25) is 4.79 Å². The van der Waals surface area contributed by atoms with Gasteiger partial charge in [-0.15, -0.1) is 0 Å². The number of carboxylic acid groups (broad SMARTS) is 1. The minimum atomic E-state index is -0.608. The van der Waals surface area contributed by atoms with E-state index < -0.39 is 5.97 Å². The highest BCUT2D eigenvalue weighted by molar-refractivity contribution is 5.70.